The van der Waals surface area contributed by atoms with E-state index < -0.39 is 0 Å². The number of allylic oxidation sites excluding steroid dienone is 1. The topological polar surface area (TPSA) is 44.8 Å². The molecule has 0 atom stereocenters. The van der Waals surface area contributed by atoms with E-state index in [0.717, 1.165) is 16.9 Å². The van der Waals surface area contributed by atoms with E-state index in [1.807, 2.05) is 55.5 Å². The number of Topliss-reactive ketones (excluding diaryl/α,β-unsaturated/α-hetero) is 1. The van der Waals surface area contributed by atoms with Gasteiger partial charge in [0.25, 0.3) is 0 Å². The van der Waals surface area contributed by atoms with E-state index in [1.165, 1.54) is 0 Å². The highest BCUT2D eigenvalue weighted by Crippen LogP contribution is 2.35. The lowest BCUT2D eigenvalue weighted by Gasteiger charge is -2.07. The Kier molecular flexibility index (Phi) is 5.54. The first-order valence-electron chi connectivity index (χ1n) is 9.31. The molecule has 1 aliphatic heterocycles. The van der Waals surface area contributed by atoms with Gasteiger partial charge >= 0.3 is 0 Å². The molecule has 0 spiro atoms. The lowest BCUT2D eigenvalue weighted by atomic mass is 10.1. The number of ether oxygens (including phenoxy) is 3. The maximum absolute atomic E-state index is 12.6. The summed E-state index contributed by atoms with van der Waals surface area (Å²) in [4.78, 5) is 12.6. The van der Waals surface area contributed by atoms with Gasteiger partial charge in [0.1, 0.15) is 23.9 Å². The van der Waals surface area contributed by atoms with E-state index in [4.69, 9.17) is 25.8 Å². The van der Waals surface area contributed by atoms with Gasteiger partial charge in [-0.2, -0.15) is 0 Å². The van der Waals surface area contributed by atoms with Gasteiger partial charge in [0.05, 0.1) is 12.2 Å². The zero-order valence-corrected chi connectivity index (χ0v) is 16.6. The van der Waals surface area contributed by atoms with E-state index in [2.05, 4.69) is 0 Å². The molecule has 0 aromatic heterocycles. The quantitative estimate of drug-likeness (QED) is 0.475. The Bertz CT molecular complexity index is 1050. The Morgan fingerprint density at radius 3 is 2.38 bits per heavy atom. The summed E-state index contributed by atoms with van der Waals surface area (Å²) in [5.74, 6) is 2.07. The molecule has 0 saturated carbocycles. The molecule has 0 amide bonds. The van der Waals surface area contributed by atoms with Gasteiger partial charge in [-0.3, -0.25) is 4.79 Å². The van der Waals surface area contributed by atoms with Gasteiger partial charge in [0, 0.05) is 11.1 Å². The summed E-state index contributed by atoms with van der Waals surface area (Å²) in [7, 11) is 0. The van der Waals surface area contributed by atoms with Crippen molar-refractivity contribution in [1.82, 2.24) is 0 Å². The number of hydrogen-bond acceptors (Lipinski definition) is 4. The summed E-state index contributed by atoms with van der Waals surface area (Å²) < 4.78 is 17.0. The Morgan fingerprint density at radius 2 is 1.66 bits per heavy atom. The minimum Gasteiger partial charge on any atom is -0.494 e. The summed E-state index contributed by atoms with van der Waals surface area (Å²) in [6, 6.07) is 20.2. The van der Waals surface area contributed by atoms with Crippen LogP contribution in [0.3, 0.4) is 0 Å². The van der Waals surface area contributed by atoms with Crippen LogP contribution in [-0.4, -0.2) is 12.4 Å². The summed E-state index contributed by atoms with van der Waals surface area (Å²) in [6.45, 7) is 2.95. The van der Waals surface area contributed by atoms with E-state index in [-0.39, 0.29) is 5.78 Å². The Balaban J connectivity index is 1.47. The molecular formula is C24H19ClO4. The van der Waals surface area contributed by atoms with E-state index in [9.17, 15) is 4.79 Å². The van der Waals surface area contributed by atoms with E-state index in [1.54, 1.807) is 24.3 Å². The van der Waals surface area contributed by atoms with Crippen molar-refractivity contribution in [1.29, 1.82) is 0 Å². The molecule has 0 saturated heterocycles. The maximum Gasteiger partial charge on any atom is 0.231 e. The monoisotopic (exact) mass is 406 g/mol. The Morgan fingerprint density at radius 1 is 0.931 bits per heavy atom. The molecule has 0 bridgehead atoms. The fraction of sp³-hybridized carbons (Fsp3) is 0.125. The van der Waals surface area contributed by atoms with Crippen molar-refractivity contribution in [3.8, 4) is 17.2 Å². The van der Waals surface area contributed by atoms with Gasteiger partial charge in [-0.05, 0) is 60.5 Å². The van der Waals surface area contributed by atoms with Crippen molar-refractivity contribution >= 4 is 23.5 Å². The average molecular weight is 407 g/mol. The lowest BCUT2D eigenvalue weighted by molar-refractivity contribution is 0.101. The second kappa shape index (κ2) is 8.41. The Hall–Kier alpha value is -3.24. The van der Waals surface area contributed by atoms with Crippen LogP contribution in [0.1, 0.15) is 28.4 Å². The number of benzene rings is 3. The van der Waals surface area contributed by atoms with Crippen molar-refractivity contribution in [2.45, 2.75) is 13.5 Å². The average Bonchev–Trinajstić information content (AvgIpc) is 3.04. The third-order valence-corrected chi connectivity index (χ3v) is 4.70. The molecule has 0 aliphatic carbocycles. The number of carbonyl (C=O) groups excluding carboxylic acids is 1. The SMILES string of the molecule is CCOc1ccc(/C=C2\Oc3cc(OCc4ccc(Cl)cc4)ccc3C2=O)cc1. The first-order valence-corrected chi connectivity index (χ1v) is 9.68. The first kappa shape index (κ1) is 19.1. The molecule has 0 fully saturated rings. The molecule has 146 valence electrons. The molecule has 4 rings (SSSR count). The van der Waals surface area contributed by atoms with Crippen LogP contribution in [0, 0.1) is 0 Å². The number of fused-ring (bicyclic) bond motifs is 1. The maximum atomic E-state index is 12.6. The molecule has 29 heavy (non-hydrogen) atoms. The summed E-state index contributed by atoms with van der Waals surface area (Å²) in [5, 5.41) is 0.685. The highest BCUT2D eigenvalue weighted by Gasteiger charge is 2.27. The van der Waals surface area contributed by atoms with Crippen LogP contribution in [0.5, 0.6) is 17.2 Å². The molecule has 4 nitrogen and oxygen atoms in total. The molecule has 3 aromatic carbocycles. The predicted octanol–water partition coefficient (Wildman–Crippen LogP) is 5.93. The normalized spacial score (nSPS) is 13.9. The van der Waals surface area contributed by atoms with Crippen LogP contribution >= 0.6 is 11.6 Å². The van der Waals surface area contributed by atoms with Crippen LogP contribution in [0.15, 0.2) is 72.5 Å². The first-order chi connectivity index (χ1) is 14.1. The zero-order chi connectivity index (χ0) is 20.2. The minimum atomic E-state index is -0.141. The highest BCUT2D eigenvalue weighted by atomic mass is 35.5. The van der Waals surface area contributed by atoms with Crippen LogP contribution < -0.4 is 14.2 Å². The van der Waals surface area contributed by atoms with Crippen LogP contribution in [-0.2, 0) is 6.61 Å². The van der Waals surface area contributed by atoms with Gasteiger partial charge in [-0.25, -0.2) is 0 Å². The van der Waals surface area contributed by atoms with Crippen molar-refractivity contribution in [2.24, 2.45) is 0 Å². The number of carbonyl (C=O) groups is 1. The Labute approximate surface area is 174 Å². The van der Waals surface area contributed by atoms with Crippen molar-refractivity contribution in [3.05, 3.63) is 94.2 Å². The minimum absolute atomic E-state index is 0.141. The van der Waals surface area contributed by atoms with Crippen molar-refractivity contribution in [2.75, 3.05) is 6.61 Å². The number of halogens is 1. The smallest absolute Gasteiger partial charge is 0.231 e. The second-order valence-electron chi connectivity index (χ2n) is 6.51. The summed E-state index contributed by atoms with van der Waals surface area (Å²) in [6.07, 6.45) is 1.73. The van der Waals surface area contributed by atoms with Crippen molar-refractivity contribution < 1.29 is 19.0 Å². The molecule has 5 heteroatoms. The summed E-state index contributed by atoms with van der Waals surface area (Å²) >= 11 is 5.90. The van der Waals surface area contributed by atoms with Crippen LogP contribution in [0.2, 0.25) is 5.02 Å². The number of ketones is 1. The fourth-order valence-electron chi connectivity index (χ4n) is 2.98. The second-order valence-corrected chi connectivity index (χ2v) is 6.95. The molecule has 0 unspecified atom stereocenters. The zero-order valence-electron chi connectivity index (χ0n) is 15.9. The molecular weight excluding hydrogens is 388 g/mol. The van der Waals surface area contributed by atoms with Gasteiger partial charge in [0.2, 0.25) is 5.78 Å². The lowest BCUT2D eigenvalue weighted by Crippen LogP contribution is -1.98. The van der Waals surface area contributed by atoms with E-state index >= 15 is 0 Å². The van der Waals surface area contributed by atoms with Gasteiger partial charge in [0.15, 0.2) is 5.76 Å². The van der Waals surface area contributed by atoms with Crippen LogP contribution in [0.4, 0.5) is 0 Å². The fourth-order valence-corrected chi connectivity index (χ4v) is 3.11. The van der Waals surface area contributed by atoms with Crippen molar-refractivity contribution in [3.63, 3.8) is 0 Å². The standard InChI is InChI=1S/C24H19ClO4/c1-2-27-19-9-5-16(6-10-19)13-23-24(26)21-12-11-20(14-22(21)29-23)28-15-17-3-7-18(25)8-4-17/h3-14H,2,15H2,1H3/b23-13-. The van der Waals surface area contributed by atoms with Crippen LogP contribution in [0.25, 0.3) is 6.08 Å². The third kappa shape index (κ3) is 4.44. The largest absolute Gasteiger partial charge is 0.494 e. The third-order valence-electron chi connectivity index (χ3n) is 4.45. The van der Waals surface area contributed by atoms with Gasteiger partial charge < -0.3 is 14.2 Å². The molecule has 1 heterocycles. The molecule has 0 radical (unpaired) electrons. The predicted molar refractivity (Wildman–Crippen MR) is 113 cm³/mol. The number of hydrogen-bond donors (Lipinski definition) is 0. The van der Waals surface area contributed by atoms with E-state index in [0.29, 0.717) is 41.1 Å². The highest BCUT2D eigenvalue weighted by molar-refractivity contribution is 6.30. The number of rotatable bonds is 6. The van der Waals surface area contributed by atoms with Gasteiger partial charge in [-0.15, -0.1) is 0 Å². The van der Waals surface area contributed by atoms with Gasteiger partial charge in [-0.1, -0.05) is 35.9 Å². The molecule has 3 aromatic rings. The molecule has 1 aliphatic rings. The molecule has 0 N–H and O–H groups in total. The summed E-state index contributed by atoms with van der Waals surface area (Å²) in [5.41, 5.74) is 2.40.